The molecule has 4 aromatic rings. The van der Waals surface area contributed by atoms with Crippen molar-refractivity contribution in [1.82, 2.24) is 4.72 Å². The molecule has 0 unspecified atom stereocenters. The molecule has 0 aliphatic heterocycles. The van der Waals surface area contributed by atoms with Gasteiger partial charge in [0.15, 0.2) is 0 Å². The molecule has 4 rings (SSSR count). The zero-order chi connectivity index (χ0) is 28.4. The van der Waals surface area contributed by atoms with Gasteiger partial charge in [0.05, 0.1) is 25.8 Å². The molecule has 2 N–H and O–H groups in total. The lowest BCUT2D eigenvalue weighted by atomic mass is 10.0. The Morgan fingerprint density at radius 1 is 0.744 bits per heavy atom. The van der Waals surface area contributed by atoms with Crippen LogP contribution in [0.25, 0.3) is 11.1 Å². The smallest absolute Gasteiger partial charge is 0.417 e. The van der Waals surface area contributed by atoms with Crippen LogP contribution in [0.15, 0.2) is 112 Å². The van der Waals surface area contributed by atoms with Gasteiger partial charge in [-0.3, -0.25) is 0 Å². The maximum absolute atomic E-state index is 13.7. The van der Waals surface area contributed by atoms with E-state index in [1.54, 1.807) is 42.5 Å². The zero-order valence-electron chi connectivity index (χ0n) is 19.9. The molecule has 0 radical (unpaired) electrons. The first-order valence-electron chi connectivity index (χ1n) is 11.2. The number of nitrogens with one attached hydrogen (secondary N) is 1. The average Bonchev–Trinajstić information content (AvgIpc) is 2.92. The van der Waals surface area contributed by atoms with Crippen LogP contribution in [0.1, 0.15) is 21.5 Å². The third-order valence-corrected chi connectivity index (χ3v) is 9.01. The van der Waals surface area contributed by atoms with Crippen LogP contribution in [-0.4, -0.2) is 27.9 Å². The Bertz CT molecular complexity index is 1720. The fraction of sp³-hybridized carbons (Fsp3) is 0.0741. The van der Waals surface area contributed by atoms with Crippen molar-refractivity contribution in [2.75, 3.05) is 0 Å². The molecule has 0 fully saturated rings. The molecule has 12 heteroatoms. The number of alkyl halides is 3. The molecule has 0 bridgehead atoms. The average molecular weight is 576 g/mol. The molecule has 0 heterocycles. The SMILES string of the molecule is O=C(O)c1ccc(-c2ccc(CNS(=O)(=O)c3cc(S(=O)(=O)c4ccccc4)ccc3C(F)(F)F)cc2)cc1. The van der Waals surface area contributed by atoms with Gasteiger partial charge >= 0.3 is 12.1 Å². The fourth-order valence-electron chi connectivity index (χ4n) is 3.74. The highest BCUT2D eigenvalue weighted by Gasteiger charge is 2.38. The van der Waals surface area contributed by atoms with Crippen LogP contribution >= 0.6 is 0 Å². The third-order valence-electron chi connectivity index (χ3n) is 5.80. The van der Waals surface area contributed by atoms with Crippen molar-refractivity contribution in [3.63, 3.8) is 0 Å². The summed E-state index contributed by atoms with van der Waals surface area (Å²) in [6.45, 7) is -0.368. The monoisotopic (exact) mass is 575 g/mol. The highest BCUT2D eigenvalue weighted by molar-refractivity contribution is 7.91. The molecule has 0 aliphatic rings. The molecule has 0 saturated heterocycles. The maximum Gasteiger partial charge on any atom is 0.417 e. The minimum absolute atomic E-state index is 0.114. The Kier molecular flexibility index (Phi) is 7.64. The van der Waals surface area contributed by atoms with Gasteiger partial charge in [-0.15, -0.1) is 0 Å². The molecule has 0 amide bonds. The molecule has 0 atom stereocenters. The van der Waals surface area contributed by atoms with Crippen molar-refractivity contribution >= 4 is 25.8 Å². The van der Waals surface area contributed by atoms with Crippen LogP contribution in [0.5, 0.6) is 0 Å². The molecule has 39 heavy (non-hydrogen) atoms. The van der Waals surface area contributed by atoms with Gasteiger partial charge in [0, 0.05) is 6.54 Å². The number of carboxylic acids is 1. The van der Waals surface area contributed by atoms with Gasteiger partial charge in [-0.1, -0.05) is 54.6 Å². The maximum atomic E-state index is 13.7. The van der Waals surface area contributed by atoms with Crippen molar-refractivity contribution in [2.24, 2.45) is 0 Å². The van der Waals surface area contributed by atoms with Crippen molar-refractivity contribution in [1.29, 1.82) is 0 Å². The number of hydrogen-bond donors (Lipinski definition) is 2. The minimum Gasteiger partial charge on any atom is -0.478 e. The van der Waals surface area contributed by atoms with Gasteiger partial charge < -0.3 is 5.11 Å². The summed E-state index contributed by atoms with van der Waals surface area (Å²) in [5.74, 6) is -1.07. The molecule has 7 nitrogen and oxygen atoms in total. The van der Waals surface area contributed by atoms with Crippen LogP contribution in [-0.2, 0) is 32.6 Å². The lowest BCUT2D eigenvalue weighted by Crippen LogP contribution is -2.26. The summed E-state index contributed by atoms with van der Waals surface area (Å²) >= 11 is 0. The molecule has 0 spiro atoms. The van der Waals surface area contributed by atoms with Crippen molar-refractivity contribution < 1.29 is 39.9 Å². The number of sulfone groups is 1. The first kappa shape index (κ1) is 28.0. The second kappa shape index (κ2) is 10.6. The fourth-order valence-corrected chi connectivity index (χ4v) is 6.39. The summed E-state index contributed by atoms with van der Waals surface area (Å²) in [7, 11) is -9.08. The lowest BCUT2D eigenvalue weighted by Gasteiger charge is -2.16. The van der Waals surface area contributed by atoms with Crippen molar-refractivity contribution in [3.05, 3.63) is 114 Å². The van der Waals surface area contributed by atoms with Gasteiger partial charge in [-0.2, -0.15) is 13.2 Å². The summed E-state index contributed by atoms with van der Waals surface area (Å²) in [6.07, 6.45) is -5.06. The van der Waals surface area contributed by atoms with E-state index < -0.39 is 47.4 Å². The predicted molar refractivity (Wildman–Crippen MR) is 136 cm³/mol. The summed E-state index contributed by atoms with van der Waals surface area (Å²) in [4.78, 5) is 9.01. The summed E-state index contributed by atoms with van der Waals surface area (Å²) in [6, 6.07) is 21.1. The second-order valence-corrected chi connectivity index (χ2v) is 12.1. The molecule has 0 saturated carbocycles. The predicted octanol–water partition coefficient (Wildman–Crippen LogP) is 5.38. The Balaban J connectivity index is 1.61. The van der Waals surface area contributed by atoms with E-state index >= 15 is 0 Å². The number of benzene rings is 4. The topological polar surface area (TPSA) is 118 Å². The number of aromatic carboxylic acids is 1. The van der Waals surface area contributed by atoms with E-state index in [1.165, 1.54) is 36.4 Å². The first-order valence-corrected chi connectivity index (χ1v) is 14.2. The molecule has 0 aliphatic carbocycles. The van der Waals surface area contributed by atoms with Gasteiger partial charge in [0.2, 0.25) is 19.9 Å². The van der Waals surface area contributed by atoms with Gasteiger partial charge in [0.25, 0.3) is 0 Å². The molecule has 202 valence electrons. The second-order valence-electron chi connectivity index (χ2n) is 8.38. The van der Waals surface area contributed by atoms with E-state index in [0.717, 1.165) is 6.07 Å². The van der Waals surface area contributed by atoms with Crippen LogP contribution in [0.4, 0.5) is 13.2 Å². The Labute approximate surface area is 222 Å². The van der Waals surface area contributed by atoms with Gasteiger partial charge in [0.1, 0.15) is 0 Å². The van der Waals surface area contributed by atoms with Crippen LogP contribution < -0.4 is 4.72 Å². The Morgan fingerprint density at radius 2 is 1.31 bits per heavy atom. The highest BCUT2D eigenvalue weighted by Crippen LogP contribution is 2.36. The van der Waals surface area contributed by atoms with Crippen molar-refractivity contribution in [3.8, 4) is 11.1 Å². The van der Waals surface area contributed by atoms with E-state index in [-0.39, 0.29) is 17.0 Å². The summed E-state index contributed by atoms with van der Waals surface area (Å²) < 4.78 is 95.1. The van der Waals surface area contributed by atoms with E-state index in [0.29, 0.717) is 28.8 Å². The number of hydrogen-bond acceptors (Lipinski definition) is 5. The standard InChI is InChI=1S/C27H20F3NO6S2/c28-27(29,30)24-15-14-23(38(34,35)22-4-2-1-3-5-22)16-25(24)39(36,37)31-17-18-6-8-19(9-7-18)20-10-12-21(13-11-20)26(32)33/h1-16,31H,17H2,(H,32,33). The quantitative estimate of drug-likeness (QED) is 0.291. The van der Waals surface area contributed by atoms with Gasteiger partial charge in [-0.05, 0) is 59.2 Å². The third kappa shape index (κ3) is 6.19. The largest absolute Gasteiger partial charge is 0.478 e. The number of carbonyl (C=O) groups is 1. The molecule has 0 aromatic heterocycles. The number of rotatable bonds is 8. The molecular weight excluding hydrogens is 555 g/mol. The highest BCUT2D eigenvalue weighted by atomic mass is 32.2. The normalized spacial score (nSPS) is 12.3. The number of carboxylic acid groups (broad SMARTS) is 1. The lowest BCUT2D eigenvalue weighted by molar-refractivity contribution is -0.139. The number of halogens is 3. The molecule has 4 aromatic carbocycles. The van der Waals surface area contributed by atoms with Gasteiger partial charge in [-0.25, -0.2) is 26.4 Å². The van der Waals surface area contributed by atoms with Crippen molar-refractivity contribution in [2.45, 2.75) is 27.4 Å². The molecular formula is C27H20F3NO6S2. The van der Waals surface area contributed by atoms with Crippen LogP contribution in [0.2, 0.25) is 0 Å². The van der Waals surface area contributed by atoms with E-state index in [1.807, 2.05) is 0 Å². The van der Waals surface area contributed by atoms with E-state index in [4.69, 9.17) is 5.11 Å². The first-order chi connectivity index (χ1) is 18.3. The summed E-state index contributed by atoms with van der Waals surface area (Å²) in [5, 5.41) is 9.01. The number of sulfonamides is 1. The van der Waals surface area contributed by atoms with E-state index in [2.05, 4.69) is 4.72 Å². The summed E-state index contributed by atoms with van der Waals surface area (Å²) in [5.41, 5.74) is 0.451. The van der Waals surface area contributed by atoms with Crippen LogP contribution in [0, 0.1) is 0 Å². The minimum atomic E-state index is -5.06. The Morgan fingerprint density at radius 3 is 1.85 bits per heavy atom. The Hall–Kier alpha value is -4.00. The van der Waals surface area contributed by atoms with E-state index in [9.17, 15) is 34.8 Å². The zero-order valence-corrected chi connectivity index (χ0v) is 21.5. The van der Waals surface area contributed by atoms with Crippen LogP contribution in [0.3, 0.4) is 0 Å².